The Hall–Kier alpha value is -2.43. The minimum atomic E-state index is -3.73. The first-order valence-electron chi connectivity index (χ1n) is 10.2. The van der Waals surface area contributed by atoms with E-state index in [1.54, 1.807) is 12.1 Å². The molecule has 1 aromatic carbocycles. The molecule has 10 heteroatoms. The maximum absolute atomic E-state index is 12.9. The molecule has 1 fully saturated rings. The van der Waals surface area contributed by atoms with Gasteiger partial charge in [0.15, 0.2) is 16.7 Å². The Bertz CT molecular complexity index is 1150. The van der Waals surface area contributed by atoms with E-state index in [0.29, 0.717) is 34.8 Å². The third-order valence-electron chi connectivity index (χ3n) is 5.70. The van der Waals surface area contributed by atoms with Crippen LogP contribution in [0.25, 0.3) is 0 Å². The molecule has 0 radical (unpaired) electrons. The molecule has 1 saturated heterocycles. The van der Waals surface area contributed by atoms with Gasteiger partial charge in [-0.05, 0) is 44.7 Å². The molecule has 4 rings (SSSR count). The zero-order valence-electron chi connectivity index (χ0n) is 17.1. The van der Waals surface area contributed by atoms with Crippen molar-refractivity contribution >= 4 is 44.0 Å². The number of sulfonamides is 1. The summed E-state index contributed by atoms with van der Waals surface area (Å²) in [5.74, 6) is -0.648. The zero-order chi connectivity index (χ0) is 22.2. The van der Waals surface area contributed by atoms with Gasteiger partial charge in [0.05, 0.1) is 15.5 Å². The van der Waals surface area contributed by atoms with Gasteiger partial charge < -0.3 is 5.32 Å². The number of amides is 1. The summed E-state index contributed by atoms with van der Waals surface area (Å²) in [6.07, 6.45) is 2.83. The van der Waals surface area contributed by atoms with E-state index in [1.165, 1.54) is 34.7 Å². The minimum absolute atomic E-state index is 0.0756. The smallest absolute Gasteiger partial charge is 0.243 e. The summed E-state index contributed by atoms with van der Waals surface area (Å²) in [6, 6.07) is 6.01. The first-order valence-corrected chi connectivity index (χ1v) is 12.5. The van der Waals surface area contributed by atoms with E-state index in [1.807, 2.05) is 0 Å². The predicted molar refractivity (Wildman–Crippen MR) is 116 cm³/mol. The zero-order valence-corrected chi connectivity index (χ0v) is 18.7. The third-order valence-corrected chi connectivity index (χ3v) is 8.65. The molecule has 8 nitrogen and oxygen atoms in total. The summed E-state index contributed by atoms with van der Waals surface area (Å²) in [6.45, 7) is 1.83. The lowest BCUT2D eigenvalue weighted by atomic mass is 9.97. The number of carbonyl (C=O) groups is 3. The number of Topliss-reactive ketones (excluding diaryl/α,β-unsaturated/α-hetero) is 2. The van der Waals surface area contributed by atoms with E-state index in [2.05, 4.69) is 10.3 Å². The van der Waals surface area contributed by atoms with Gasteiger partial charge >= 0.3 is 0 Å². The highest BCUT2D eigenvalue weighted by Crippen LogP contribution is 2.31. The molecule has 31 heavy (non-hydrogen) atoms. The van der Waals surface area contributed by atoms with E-state index in [4.69, 9.17) is 0 Å². The Morgan fingerprint density at radius 1 is 1.19 bits per heavy atom. The lowest BCUT2D eigenvalue weighted by Gasteiger charge is -2.30. The maximum Gasteiger partial charge on any atom is 0.243 e. The van der Waals surface area contributed by atoms with Crippen LogP contribution in [0.5, 0.6) is 0 Å². The second-order valence-corrected chi connectivity index (χ2v) is 10.8. The molecular weight excluding hydrogens is 438 g/mol. The Kier molecular flexibility index (Phi) is 6.05. The normalized spacial score (nSPS) is 17.9. The summed E-state index contributed by atoms with van der Waals surface area (Å²) in [5.41, 5.74) is 1.10. The predicted octanol–water partition coefficient (Wildman–Crippen LogP) is 2.90. The summed E-state index contributed by atoms with van der Waals surface area (Å²) >= 11 is 1.22. The molecule has 2 heterocycles. The number of carbonyl (C=O) groups excluding carboxylic acids is 3. The lowest BCUT2D eigenvalue weighted by Crippen LogP contribution is -2.41. The van der Waals surface area contributed by atoms with Crippen molar-refractivity contribution in [3.63, 3.8) is 0 Å². The molecule has 1 N–H and O–H groups in total. The standard InChI is InChI=1S/C21H23N3O5S2/c1-13(25)15-4-2-5-16(12-15)31(28,29)24-10-8-14(9-11-24)20(27)23-21-22-17-6-3-7-18(26)19(17)30-21/h2,4-5,12,14H,3,6-11H2,1H3,(H,22,23,27). The first-order chi connectivity index (χ1) is 14.8. The van der Waals surface area contributed by atoms with E-state index in [0.717, 1.165) is 18.5 Å². The molecular formula is C21H23N3O5S2. The van der Waals surface area contributed by atoms with Crippen molar-refractivity contribution in [3.8, 4) is 0 Å². The van der Waals surface area contributed by atoms with Gasteiger partial charge in [0.25, 0.3) is 0 Å². The molecule has 0 atom stereocenters. The first kappa shape index (κ1) is 21.8. The van der Waals surface area contributed by atoms with Crippen molar-refractivity contribution in [2.24, 2.45) is 5.92 Å². The Morgan fingerprint density at radius 3 is 2.61 bits per heavy atom. The van der Waals surface area contributed by atoms with Gasteiger partial charge in [-0.15, -0.1) is 0 Å². The molecule has 164 valence electrons. The highest BCUT2D eigenvalue weighted by atomic mass is 32.2. The fourth-order valence-electron chi connectivity index (χ4n) is 3.91. The fourth-order valence-corrected chi connectivity index (χ4v) is 6.41. The largest absolute Gasteiger partial charge is 0.302 e. The number of nitrogens with zero attached hydrogens (tertiary/aromatic N) is 2. The Morgan fingerprint density at radius 2 is 1.94 bits per heavy atom. The second kappa shape index (κ2) is 8.60. The number of hydrogen-bond donors (Lipinski definition) is 1. The van der Waals surface area contributed by atoms with Crippen molar-refractivity contribution in [3.05, 3.63) is 40.4 Å². The van der Waals surface area contributed by atoms with Crippen molar-refractivity contribution in [2.75, 3.05) is 18.4 Å². The van der Waals surface area contributed by atoms with Gasteiger partial charge in [0, 0.05) is 31.0 Å². The van der Waals surface area contributed by atoms with Crippen LogP contribution in [0.4, 0.5) is 5.13 Å². The van der Waals surface area contributed by atoms with Crippen LogP contribution in [0.15, 0.2) is 29.2 Å². The third kappa shape index (κ3) is 4.46. The van der Waals surface area contributed by atoms with Gasteiger partial charge in [-0.2, -0.15) is 4.31 Å². The number of nitrogens with one attached hydrogen (secondary N) is 1. The second-order valence-electron chi connectivity index (χ2n) is 7.82. The van der Waals surface area contributed by atoms with Crippen molar-refractivity contribution in [2.45, 2.75) is 43.9 Å². The van der Waals surface area contributed by atoms with Gasteiger partial charge in [-0.3, -0.25) is 14.4 Å². The topological polar surface area (TPSA) is 114 Å². The van der Waals surface area contributed by atoms with E-state index in [-0.39, 0.29) is 41.4 Å². The van der Waals surface area contributed by atoms with Crippen LogP contribution in [0.3, 0.4) is 0 Å². The van der Waals surface area contributed by atoms with Gasteiger partial charge in [-0.25, -0.2) is 13.4 Å². The quantitative estimate of drug-likeness (QED) is 0.685. The molecule has 1 aliphatic carbocycles. The van der Waals surface area contributed by atoms with Crippen LogP contribution in [0, 0.1) is 5.92 Å². The Labute approximate surface area is 184 Å². The molecule has 2 aliphatic rings. The Balaban J connectivity index is 1.39. The number of rotatable bonds is 5. The van der Waals surface area contributed by atoms with Gasteiger partial charge in [0.2, 0.25) is 15.9 Å². The number of fused-ring (bicyclic) bond motifs is 1. The summed E-state index contributed by atoms with van der Waals surface area (Å²) in [7, 11) is -3.73. The number of thiazole rings is 1. The van der Waals surface area contributed by atoms with Gasteiger partial charge in [0.1, 0.15) is 0 Å². The fraction of sp³-hybridized carbons (Fsp3) is 0.429. The average molecular weight is 462 g/mol. The van der Waals surface area contributed by atoms with Crippen LogP contribution in [0.2, 0.25) is 0 Å². The van der Waals surface area contributed by atoms with Crippen LogP contribution in [-0.2, 0) is 21.2 Å². The molecule has 1 aliphatic heterocycles. The molecule has 0 unspecified atom stereocenters. The van der Waals surface area contributed by atoms with Crippen molar-refractivity contribution in [1.29, 1.82) is 0 Å². The number of hydrogen-bond acceptors (Lipinski definition) is 7. The highest BCUT2D eigenvalue weighted by Gasteiger charge is 2.33. The number of aryl methyl sites for hydroxylation is 1. The summed E-state index contributed by atoms with van der Waals surface area (Å²) in [5, 5.41) is 3.24. The maximum atomic E-state index is 12.9. The van der Waals surface area contributed by atoms with E-state index < -0.39 is 10.0 Å². The minimum Gasteiger partial charge on any atom is -0.302 e. The number of anilines is 1. The highest BCUT2D eigenvalue weighted by molar-refractivity contribution is 7.89. The van der Waals surface area contributed by atoms with E-state index >= 15 is 0 Å². The van der Waals surface area contributed by atoms with E-state index in [9.17, 15) is 22.8 Å². The van der Waals surface area contributed by atoms with Crippen LogP contribution in [-0.4, -0.2) is 48.3 Å². The number of benzene rings is 1. The van der Waals surface area contributed by atoms with Gasteiger partial charge in [-0.1, -0.05) is 23.5 Å². The monoisotopic (exact) mass is 461 g/mol. The summed E-state index contributed by atoms with van der Waals surface area (Å²) in [4.78, 5) is 41.3. The molecule has 1 aromatic heterocycles. The summed E-state index contributed by atoms with van der Waals surface area (Å²) < 4.78 is 27.3. The van der Waals surface area contributed by atoms with Crippen molar-refractivity contribution in [1.82, 2.24) is 9.29 Å². The van der Waals surface area contributed by atoms with Crippen LogP contribution in [0.1, 0.15) is 58.3 Å². The van der Waals surface area contributed by atoms with Crippen LogP contribution < -0.4 is 5.32 Å². The number of piperidine rings is 1. The lowest BCUT2D eigenvalue weighted by molar-refractivity contribution is -0.120. The number of ketones is 2. The van der Waals surface area contributed by atoms with Crippen molar-refractivity contribution < 1.29 is 22.8 Å². The number of aromatic nitrogens is 1. The average Bonchev–Trinajstić information content (AvgIpc) is 3.18. The SMILES string of the molecule is CC(=O)c1cccc(S(=O)(=O)N2CCC(C(=O)Nc3nc4c(s3)C(=O)CCC4)CC2)c1. The molecule has 0 saturated carbocycles. The molecule has 0 bridgehead atoms. The molecule has 2 aromatic rings. The molecule has 1 amide bonds. The van der Waals surface area contributed by atoms with Crippen LogP contribution >= 0.6 is 11.3 Å². The molecule has 0 spiro atoms.